The van der Waals surface area contributed by atoms with Crippen LogP contribution in [0.4, 0.5) is 8.78 Å². The summed E-state index contributed by atoms with van der Waals surface area (Å²) in [5, 5.41) is 14.6. The van der Waals surface area contributed by atoms with Crippen molar-refractivity contribution in [3.8, 4) is 16.6 Å². The maximum atomic E-state index is 13.8. The van der Waals surface area contributed by atoms with Gasteiger partial charge in [-0.1, -0.05) is 35.9 Å². The van der Waals surface area contributed by atoms with Crippen LogP contribution >= 0.6 is 22.9 Å². The van der Waals surface area contributed by atoms with E-state index < -0.39 is 23.6 Å². The Bertz CT molecular complexity index is 1030. The van der Waals surface area contributed by atoms with E-state index >= 15 is 0 Å². The number of nitrogens with zero attached hydrogens (tertiary/aromatic N) is 2. The number of amides is 1. The highest BCUT2D eigenvalue weighted by Crippen LogP contribution is 2.30. The first-order chi connectivity index (χ1) is 13.0. The third-order valence-corrected chi connectivity index (χ3v) is 4.96. The molecule has 4 nitrogen and oxygen atoms in total. The fourth-order valence-electron chi connectivity index (χ4n) is 2.44. The van der Waals surface area contributed by atoms with E-state index in [0.717, 1.165) is 17.7 Å². The number of hydrogen-bond donors (Lipinski definition) is 1. The minimum atomic E-state index is -1.22. The van der Waals surface area contributed by atoms with Crippen molar-refractivity contribution in [3.63, 3.8) is 0 Å². The van der Waals surface area contributed by atoms with E-state index in [1.165, 1.54) is 11.3 Å². The van der Waals surface area contributed by atoms with Crippen LogP contribution in [0.5, 0.6) is 0 Å². The van der Waals surface area contributed by atoms with E-state index in [0.29, 0.717) is 21.8 Å². The molecule has 0 bridgehead atoms. The summed E-state index contributed by atoms with van der Waals surface area (Å²) in [6.07, 6.45) is -0.0814. The van der Waals surface area contributed by atoms with Crippen LogP contribution < -0.4 is 5.32 Å². The SMILES string of the molecule is N#CC(NC(=O)Cc1csc(-c2ccccc2Cl)n1)c1ccc(F)cc1F. The van der Waals surface area contributed by atoms with Crippen LogP contribution in [-0.4, -0.2) is 10.9 Å². The molecule has 8 heteroatoms. The summed E-state index contributed by atoms with van der Waals surface area (Å²) in [6.45, 7) is 0. The highest BCUT2D eigenvalue weighted by Gasteiger charge is 2.19. The number of hydrogen-bond acceptors (Lipinski definition) is 4. The lowest BCUT2D eigenvalue weighted by atomic mass is 10.1. The van der Waals surface area contributed by atoms with Gasteiger partial charge in [-0.3, -0.25) is 4.79 Å². The zero-order valence-corrected chi connectivity index (χ0v) is 15.3. The molecule has 0 spiro atoms. The molecule has 2 aromatic carbocycles. The van der Waals surface area contributed by atoms with E-state index in [-0.39, 0.29) is 12.0 Å². The van der Waals surface area contributed by atoms with Crippen LogP contribution in [0.25, 0.3) is 10.6 Å². The van der Waals surface area contributed by atoms with E-state index in [1.54, 1.807) is 17.5 Å². The molecule has 136 valence electrons. The van der Waals surface area contributed by atoms with Gasteiger partial charge in [0.05, 0.1) is 23.2 Å². The number of carbonyl (C=O) groups is 1. The molecule has 1 amide bonds. The van der Waals surface area contributed by atoms with Crippen LogP contribution in [0.3, 0.4) is 0 Å². The molecule has 0 aliphatic heterocycles. The number of carbonyl (C=O) groups excluding carboxylic acids is 1. The molecule has 27 heavy (non-hydrogen) atoms. The van der Waals surface area contributed by atoms with Crippen molar-refractivity contribution >= 4 is 28.8 Å². The van der Waals surface area contributed by atoms with Crippen molar-refractivity contribution in [3.05, 3.63) is 75.8 Å². The number of rotatable bonds is 5. The summed E-state index contributed by atoms with van der Waals surface area (Å²) in [5.74, 6) is -2.15. The highest BCUT2D eigenvalue weighted by atomic mass is 35.5. The summed E-state index contributed by atoms with van der Waals surface area (Å²) in [5.41, 5.74) is 1.17. The predicted molar refractivity (Wildman–Crippen MR) is 99.1 cm³/mol. The summed E-state index contributed by atoms with van der Waals surface area (Å²) >= 11 is 7.49. The van der Waals surface area contributed by atoms with E-state index in [4.69, 9.17) is 11.6 Å². The first-order valence-corrected chi connectivity index (χ1v) is 9.07. The lowest BCUT2D eigenvalue weighted by Crippen LogP contribution is -2.29. The molecule has 0 aliphatic rings. The number of benzene rings is 2. The Morgan fingerprint density at radius 3 is 2.78 bits per heavy atom. The molecule has 1 N–H and O–H groups in total. The highest BCUT2D eigenvalue weighted by molar-refractivity contribution is 7.13. The van der Waals surface area contributed by atoms with Gasteiger partial charge in [0.15, 0.2) is 0 Å². The molecule has 1 heterocycles. The molecule has 0 saturated carbocycles. The molecule has 0 saturated heterocycles. The Labute approximate surface area is 163 Å². The van der Waals surface area contributed by atoms with Gasteiger partial charge in [0.2, 0.25) is 5.91 Å². The van der Waals surface area contributed by atoms with Crippen LogP contribution in [0.2, 0.25) is 5.02 Å². The first-order valence-electron chi connectivity index (χ1n) is 7.81. The van der Waals surface area contributed by atoms with Gasteiger partial charge in [-0.15, -0.1) is 11.3 Å². The van der Waals surface area contributed by atoms with Crippen LogP contribution in [-0.2, 0) is 11.2 Å². The van der Waals surface area contributed by atoms with Gasteiger partial charge < -0.3 is 5.32 Å². The molecular formula is C19H12ClF2N3OS. The van der Waals surface area contributed by atoms with Crippen molar-refractivity contribution in [2.24, 2.45) is 0 Å². The zero-order valence-electron chi connectivity index (χ0n) is 13.7. The van der Waals surface area contributed by atoms with Gasteiger partial charge in [0.25, 0.3) is 0 Å². The fourth-order valence-corrected chi connectivity index (χ4v) is 3.58. The number of halogens is 3. The van der Waals surface area contributed by atoms with Crippen LogP contribution in [0.1, 0.15) is 17.3 Å². The van der Waals surface area contributed by atoms with Crippen molar-refractivity contribution < 1.29 is 13.6 Å². The first kappa shape index (κ1) is 19.0. The third kappa shape index (κ3) is 4.48. The minimum Gasteiger partial charge on any atom is -0.336 e. The molecule has 1 atom stereocenters. The van der Waals surface area contributed by atoms with E-state index in [9.17, 15) is 18.8 Å². The molecule has 0 radical (unpaired) electrons. The van der Waals surface area contributed by atoms with Gasteiger partial charge in [-0.2, -0.15) is 5.26 Å². The summed E-state index contributed by atoms with van der Waals surface area (Å²) in [4.78, 5) is 16.6. The Morgan fingerprint density at radius 1 is 1.30 bits per heavy atom. The van der Waals surface area contributed by atoms with E-state index in [2.05, 4.69) is 10.3 Å². The Balaban J connectivity index is 1.70. The topological polar surface area (TPSA) is 65.8 Å². The van der Waals surface area contributed by atoms with Crippen molar-refractivity contribution in [2.45, 2.75) is 12.5 Å². The molecule has 0 aliphatic carbocycles. The average molecular weight is 404 g/mol. The maximum absolute atomic E-state index is 13.8. The third-order valence-electron chi connectivity index (χ3n) is 3.71. The zero-order chi connectivity index (χ0) is 19.4. The van der Waals surface area contributed by atoms with Crippen molar-refractivity contribution in [2.75, 3.05) is 0 Å². The number of aromatic nitrogens is 1. The molecular weight excluding hydrogens is 392 g/mol. The second-order valence-corrected chi connectivity index (χ2v) is 6.86. The fraction of sp³-hybridized carbons (Fsp3) is 0.105. The number of thiazole rings is 1. The molecule has 1 aromatic heterocycles. The van der Waals surface area contributed by atoms with Gasteiger partial charge >= 0.3 is 0 Å². The predicted octanol–water partition coefficient (Wildman–Crippen LogP) is 4.67. The minimum absolute atomic E-state index is 0.0814. The maximum Gasteiger partial charge on any atom is 0.227 e. The van der Waals surface area contributed by atoms with Gasteiger partial charge in [-0.05, 0) is 12.1 Å². The normalized spacial score (nSPS) is 11.6. The molecule has 1 unspecified atom stereocenters. The second-order valence-electron chi connectivity index (χ2n) is 5.60. The molecule has 3 rings (SSSR count). The Kier molecular flexibility index (Phi) is 5.79. The number of nitriles is 1. The largest absolute Gasteiger partial charge is 0.336 e. The van der Waals surface area contributed by atoms with Crippen LogP contribution in [0.15, 0.2) is 47.8 Å². The average Bonchev–Trinajstić information content (AvgIpc) is 3.08. The summed E-state index contributed by atoms with van der Waals surface area (Å²) < 4.78 is 26.8. The van der Waals surface area contributed by atoms with Crippen molar-refractivity contribution in [1.82, 2.24) is 10.3 Å². The van der Waals surface area contributed by atoms with Crippen LogP contribution in [0, 0.1) is 23.0 Å². The number of nitrogens with one attached hydrogen (secondary N) is 1. The Hall–Kier alpha value is -2.82. The second kappa shape index (κ2) is 8.25. The summed E-state index contributed by atoms with van der Waals surface area (Å²) in [6, 6.07) is 10.6. The lowest BCUT2D eigenvalue weighted by molar-refractivity contribution is -0.120. The lowest BCUT2D eigenvalue weighted by Gasteiger charge is -2.12. The molecule has 0 fully saturated rings. The molecule has 3 aromatic rings. The summed E-state index contributed by atoms with van der Waals surface area (Å²) in [7, 11) is 0. The van der Waals surface area contributed by atoms with Gasteiger partial charge in [0, 0.05) is 22.6 Å². The van der Waals surface area contributed by atoms with E-state index in [1.807, 2.05) is 18.2 Å². The van der Waals surface area contributed by atoms with Gasteiger partial charge in [-0.25, -0.2) is 13.8 Å². The standard InChI is InChI=1S/C19H12ClF2N3OS/c20-15-4-2-1-3-13(15)19-24-12(10-27-19)8-18(26)25-17(9-23)14-6-5-11(21)7-16(14)22/h1-7,10,17H,8H2,(H,25,26). The Morgan fingerprint density at radius 2 is 2.07 bits per heavy atom. The van der Waals surface area contributed by atoms with Gasteiger partial charge in [0.1, 0.15) is 22.7 Å². The smallest absolute Gasteiger partial charge is 0.227 e. The van der Waals surface area contributed by atoms with Crippen molar-refractivity contribution in [1.29, 1.82) is 5.26 Å². The monoisotopic (exact) mass is 403 g/mol. The quantitative estimate of drug-likeness (QED) is 0.673.